The molecule has 6 heteroatoms. The third-order valence-corrected chi connectivity index (χ3v) is 5.33. The molecule has 0 aliphatic heterocycles. The first-order valence-electron chi connectivity index (χ1n) is 6.07. The van der Waals surface area contributed by atoms with Crippen LogP contribution in [-0.4, -0.2) is 25.7 Å². The van der Waals surface area contributed by atoms with Gasteiger partial charge in [-0.25, -0.2) is 13.4 Å². The van der Waals surface area contributed by atoms with Gasteiger partial charge in [0.15, 0.2) is 9.84 Å². The molecule has 0 amide bonds. The maximum Gasteiger partial charge on any atom is 0.178 e. The largest absolute Gasteiger partial charge is 0.385 e. The van der Waals surface area contributed by atoms with Gasteiger partial charge < -0.3 is 5.32 Å². The number of thiazole rings is 1. The summed E-state index contributed by atoms with van der Waals surface area (Å²) in [5.74, 6) is 0.129. The van der Waals surface area contributed by atoms with Gasteiger partial charge in [0.2, 0.25) is 0 Å². The van der Waals surface area contributed by atoms with Crippen molar-refractivity contribution in [1.82, 2.24) is 4.98 Å². The van der Waals surface area contributed by atoms with Gasteiger partial charge in [-0.15, -0.1) is 11.3 Å². The molecule has 1 aromatic heterocycles. The molecule has 102 valence electrons. The predicted octanol–water partition coefficient (Wildman–Crippen LogP) is 2.59. The fourth-order valence-corrected chi connectivity index (χ4v) is 3.14. The van der Waals surface area contributed by atoms with Crippen molar-refractivity contribution in [3.8, 4) is 0 Å². The Morgan fingerprint density at radius 2 is 2.00 bits per heavy atom. The van der Waals surface area contributed by atoms with Gasteiger partial charge in [-0.2, -0.15) is 0 Å². The highest BCUT2D eigenvalue weighted by Crippen LogP contribution is 2.15. The van der Waals surface area contributed by atoms with Gasteiger partial charge in [-0.1, -0.05) is 6.92 Å². The number of nitrogens with one attached hydrogen (secondary N) is 1. The molecule has 4 nitrogen and oxygen atoms in total. The monoisotopic (exact) mass is 296 g/mol. The van der Waals surface area contributed by atoms with Gasteiger partial charge in [0.05, 0.1) is 15.7 Å². The molecule has 0 saturated carbocycles. The van der Waals surface area contributed by atoms with Crippen molar-refractivity contribution in [2.75, 3.05) is 17.6 Å². The van der Waals surface area contributed by atoms with Crippen molar-refractivity contribution in [3.63, 3.8) is 0 Å². The van der Waals surface area contributed by atoms with Crippen LogP contribution in [0.15, 0.2) is 40.7 Å². The maximum atomic E-state index is 11.7. The molecule has 0 spiro atoms. The average Bonchev–Trinajstić information content (AvgIpc) is 2.92. The van der Waals surface area contributed by atoms with Crippen LogP contribution in [0.1, 0.15) is 11.9 Å². The number of nitrogens with zero attached hydrogens (tertiary/aromatic N) is 1. The summed E-state index contributed by atoms with van der Waals surface area (Å²) in [5.41, 5.74) is 0.923. The van der Waals surface area contributed by atoms with E-state index in [1.807, 2.05) is 5.38 Å². The van der Waals surface area contributed by atoms with Gasteiger partial charge in [0.25, 0.3) is 0 Å². The molecule has 19 heavy (non-hydrogen) atoms. The quantitative estimate of drug-likeness (QED) is 0.890. The Balaban J connectivity index is 1.92. The summed E-state index contributed by atoms with van der Waals surface area (Å²) in [6.07, 6.45) is 2.66. The molecule has 0 atom stereocenters. The molecule has 1 N–H and O–H groups in total. The standard InChI is InChI=1S/C13H16N2O2S2/c1-2-19(16,17)12-5-3-11(4-6-12)14-8-7-13-15-9-10-18-13/h3-6,9-10,14H,2,7-8H2,1H3. The number of hydrogen-bond donors (Lipinski definition) is 1. The summed E-state index contributed by atoms with van der Waals surface area (Å²) in [6.45, 7) is 2.43. The lowest BCUT2D eigenvalue weighted by Gasteiger charge is -2.06. The molecule has 2 rings (SSSR count). The fraction of sp³-hybridized carbons (Fsp3) is 0.308. The second kappa shape index (κ2) is 6.16. The Hall–Kier alpha value is -1.40. The average molecular weight is 296 g/mol. The molecular weight excluding hydrogens is 280 g/mol. The maximum absolute atomic E-state index is 11.7. The highest BCUT2D eigenvalue weighted by Gasteiger charge is 2.10. The molecule has 0 unspecified atom stereocenters. The van der Waals surface area contributed by atoms with Crippen LogP contribution in [0.3, 0.4) is 0 Å². The van der Waals surface area contributed by atoms with E-state index in [1.54, 1.807) is 48.7 Å². The summed E-state index contributed by atoms with van der Waals surface area (Å²) in [4.78, 5) is 4.58. The molecule has 0 aliphatic rings. The topological polar surface area (TPSA) is 59.1 Å². The van der Waals surface area contributed by atoms with Crippen LogP contribution in [0.5, 0.6) is 0 Å². The SMILES string of the molecule is CCS(=O)(=O)c1ccc(NCCc2nccs2)cc1. The van der Waals surface area contributed by atoms with E-state index in [-0.39, 0.29) is 5.75 Å². The zero-order valence-corrected chi connectivity index (χ0v) is 12.3. The van der Waals surface area contributed by atoms with Gasteiger partial charge in [0.1, 0.15) is 0 Å². The number of hydrogen-bond acceptors (Lipinski definition) is 5. The smallest absolute Gasteiger partial charge is 0.178 e. The van der Waals surface area contributed by atoms with E-state index in [0.29, 0.717) is 4.90 Å². The van der Waals surface area contributed by atoms with Gasteiger partial charge >= 0.3 is 0 Å². The van der Waals surface area contributed by atoms with Crippen molar-refractivity contribution in [2.24, 2.45) is 0 Å². The van der Waals surface area contributed by atoms with Crippen LogP contribution in [-0.2, 0) is 16.3 Å². The third kappa shape index (κ3) is 3.78. The molecular formula is C13H16N2O2S2. The van der Waals surface area contributed by atoms with Crippen LogP contribution in [0, 0.1) is 0 Å². The van der Waals surface area contributed by atoms with Crippen LogP contribution >= 0.6 is 11.3 Å². The molecule has 1 heterocycles. The van der Waals surface area contributed by atoms with Crippen LogP contribution in [0.2, 0.25) is 0 Å². The normalized spacial score (nSPS) is 11.4. The lowest BCUT2D eigenvalue weighted by atomic mass is 10.3. The highest BCUT2D eigenvalue weighted by atomic mass is 32.2. The van der Waals surface area contributed by atoms with E-state index in [9.17, 15) is 8.42 Å². The molecule has 0 aliphatic carbocycles. The Morgan fingerprint density at radius 3 is 2.58 bits per heavy atom. The molecule has 2 aromatic rings. The highest BCUT2D eigenvalue weighted by molar-refractivity contribution is 7.91. The Labute approximate surface area is 117 Å². The first-order chi connectivity index (χ1) is 9.12. The number of benzene rings is 1. The van der Waals surface area contributed by atoms with Gasteiger partial charge in [0, 0.05) is 30.2 Å². The molecule has 0 fully saturated rings. The van der Waals surface area contributed by atoms with Crippen molar-refractivity contribution < 1.29 is 8.42 Å². The fourth-order valence-electron chi connectivity index (χ4n) is 1.64. The van der Waals surface area contributed by atoms with Gasteiger partial charge in [-0.3, -0.25) is 0 Å². The molecule has 0 saturated heterocycles. The first-order valence-corrected chi connectivity index (χ1v) is 8.60. The number of sulfone groups is 1. The summed E-state index contributed by atoms with van der Waals surface area (Å²) in [5, 5.41) is 6.30. The lowest BCUT2D eigenvalue weighted by molar-refractivity contribution is 0.597. The Bertz CT molecular complexity index is 605. The predicted molar refractivity (Wildman–Crippen MR) is 78.5 cm³/mol. The van der Waals surface area contributed by atoms with Gasteiger partial charge in [-0.05, 0) is 24.3 Å². The summed E-state index contributed by atoms with van der Waals surface area (Å²) < 4.78 is 23.3. The minimum atomic E-state index is -3.11. The molecule has 0 radical (unpaired) electrons. The molecule has 1 aromatic carbocycles. The second-order valence-corrected chi connectivity index (χ2v) is 7.29. The summed E-state index contributed by atoms with van der Waals surface area (Å²) >= 11 is 1.64. The van der Waals surface area contributed by atoms with E-state index < -0.39 is 9.84 Å². The van der Waals surface area contributed by atoms with Crippen molar-refractivity contribution >= 4 is 26.9 Å². The van der Waals surface area contributed by atoms with E-state index in [4.69, 9.17) is 0 Å². The van der Waals surface area contributed by atoms with E-state index in [0.717, 1.165) is 23.7 Å². The minimum Gasteiger partial charge on any atom is -0.385 e. The number of aromatic nitrogens is 1. The third-order valence-electron chi connectivity index (χ3n) is 2.74. The minimum absolute atomic E-state index is 0.129. The molecule has 0 bridgehead atoms. The van der Waals surface area contributed by atoms with E-state index in [2.05, 4.69) is 10.3 Å². The Morgan fingerprint density at radius 1 is 1.26 bits per heavy atom. The van der Waals surface area contributed by atoms with Crippen LogP contribution in [0.25, 0.3) is 0 Å². The summed E-state index contributed by atoms with van der Waals surface area (Å²) in [7, 11) is -3.11. The zero-order valence-electron chi connectivity index (χ0n) is 10.7. The van der Waals surface area contributed by atoms with E-state index >= 15 is 0 Å². The zero-order chi connectivity index (χ0) is 13.7. The van der Waals surface area contributed by atoms with Crippen molar-refractivity contribution in [1.29, 1.82) is 0 Å². The van der Waals surface area contributed by atoms with Crippen LogP contribution < -0.4 is 5.32 Å². The van der Waals surface area contributed by atoms with Crippen molar-refractivity contribution in [3.05, 3.63) is 40.8 Å². The van der Waals surface area contributed by atoms with E-state index in [1.165, 1.54) is 0 Å². The van der Waals surface area contributed by atoms with Crippen molar-refractivity contribution in [2.45, 2.75) is 18.2 Å². The van der Waals surface area contributed by atoms with Crippen LogP contribution in [0.4, 0.5) is 5.69 Å². The number of rotatable bonds is 6. The second-order valence-electron chi connectivity index (χ2n) is 4.03. The number of anilines is 1. The first kappa shape index (κ1) is 14.0. The lowest BCUT2D eigenvalue weighted by Crippen LogP contribution is -2.06. The Kier molecular flexibility index (Phi) is 4.55. The summed E-state index contributed by atoms with van der Waals surface area (Å²) in [6, 6.07) is 6.88.